The van der Waals surface area contributed by atoms with Crippen LogP contribution in [-0.2, 0) is 14.6 Å². The number of nitrogens with one attached hydrogen (secondary N) is 1. The second kappa shape index (κ2) is 6.54. The molecule has 5 nitrogen and oxygen atoms in total. The fraction of sp³-hybridized carbons (Fsp3) is 1.00. The molecule has 0 radical (unpaired) electrons. The zero-order valence-corrected chi connectivity index (χ0v) is 10.9. The predicted molar refractivity (Wildman–Crippen MR) is 64.4 cm³/mol. The molecule has 0 saturated carbocycles. The molecule has 6 heteroatoms. The average Bonchev–Trinajstić information content (AvgIpc) is 2.67. The minimum atomic E-state index is -2.84. The Morgan fingerprint density at radius 2 is 2.19 bits per heavy atom. The summed E-state index contributed by atoms with van der Waals surface area (Å²) < 4.78 is 27.0. The SMILES string of the molecule is CN(CCNCCS(C)(=O)=O)C1CCOC1. The van der Waals surface area contributed by atoms with Crippen LogP contribution in [-0.4, -0.2) is 71.3 Å². The van der Waals surface area contributed by atoms with Crippen molar-refractivity contribution >= 4 is 9.84 Å². The van der Waals surface area contributed by atoms with Crippen molar-refractivity contribution in [3.63, 3.8) is 0 Å². The van der Waals surface area contributed by atoms with Crippen LogP contribution < -0.4 is 5.32 Å². The van der Waals surface area contributed by atoms with Gasteiger partial charge < -0.3 is 10.1 Å². The van der Waals surface area contributed by atoms with Crippen LogP contribution in [0, 0.1) is 0 Å². The highest BCUT2D eigenvalue weighted by molar-refractivity contribution is 7.90. The molecule has 0 amide bonds. The second-order valence-corrected chi connectivity index (χ2v) is 6.64. The molecule has 0 aromatic rings. The van der Waals surface area contributed by atoms with Crippen molar-refractivity contribution < 1.29 is 13.2 Å². The van der Waals surface area contributed by atoms with E-state index >= 15 is 0 Å². The van der Waals surface area contributed by atoms with Gasteiger partial charge in [0.15, 0.2) is 0 Å². The summed E-state index contributed by atoms with van der Waals surface area (Å²) in [6.07, 6.45) is 2.36. The smallest absolute Gasteiger partial charge is 0.148 e. The Morgan fingerprint density at radius 3 is 2.75 bits per heavy atom. The number of ether oxygens (including phenoxy) is 1. The number of nitrogens with zero attached hydrogens (tertiary/aromatic N) is 1. The third-order valence-electron chi connectivity index (χ3n) is 2.82. The van der Waals surface area contributed by atoms with Gasteiger partial charge in [0.2, 0.25) is 0 Å². The Morgan fingerprint density at radius 1 is 1.44 bits per heavy atom. The second-order valence-electron chi connectivity index (χ2n) is 4.38. The Hall–Kier alpha value is -0.170. The third kappa shape index (κ3) is 5.79. The number of hydrogen-bond donors (Lipinski definition) is 1. The standard InChI is InChI=1S/C10H22N2O3S/c1-12(10-3-7-15-9-10)6-4-11-5-8-16(2,13)14/h10-11H,3-9H2,1-2H3. The Bertz CT molecular complexity index is 286. The van der Waals surface area contributed by atoms with Gasteiger partial charge in [-0.3, -0.25) is 4.90 Å². The highest BCUT2D eigenvalue weighted by Gasteiger charge is 2.19. The van der Waals surface area contributed by atoms with E-state index in [1.54, 1.807) is 0 Å². The van der Waals surface area contributed by atoms with Crippen molar-refractivity contribution in [3.05, 3.63) is 0 Å². The lowest BCUT2D eigenvalue weighted by molar-refractivity contribution is 0.159. The Kier molecular flexibility index (Phi) is 5.68. The first-order chi connectivity index (χ1) is 7.49. The van der Waals surface area contributed by atoms with Crippen LogP contribution in [0.5, 0.6) is 0 Å². The zero-order valence-electron chi connectivity index (χ0n) is 10.1. The van der Waals surface area contributed by atoms with Gasteiger partial charge in [-0.2, -0.15) is 0 Å². The molecule has 0 bridgehead atoms. The molecule has 1 unspecified atom stereocenters. The fourth-order valence-corrected chi connectivity index (χ4v) is 2.21. The van der Waals surface area contributed by atoms with E-state index in [9.17, 15) is 8.42 Å². The van der Waals surface area contributed by atoms with Crippen molar-refractivity contribution in [2.75, 3.05) is 51.9 Å². The third-order valence-corrected chi connectivity index (χ3v) is 3.77. The summed E-state index contributed by atoms with van der Waals surface area (Å²) in [6, 6.07) is 0.525. The maximum absolute atomic E-state index is 10.9. The maximum atomic E-state index is 10.9. The minimum Gasteiger partial charge on any atom is -0.380 e. The van der Waals surface area contributed by atoms with Crippen LogP contribution in [0.25, 0.3) is 0 Å². The van der Waals surface area contributed by atoms with Gasteiger partial charge >= 0.3 is 0 Å². The van der Waals surface area contributed by atoms with Crippen LogP contribution in [0.3, 0.4) is 0 Å². The fourth-order valence-electron chi connectivity index (χ4n) is 1.69. The van der Waals surface area contributed by atoms with Gasteiger partial charge in [0.1, 0.15) is 9.84 Å². The van der Waals surface area contributed by atoms with Crippen LogP contribution in [0.1, 0.15) is 6.42 Å². The summed E-state index contributed by atoms with van der Waals surface area (Å²) in [4.78, 5) is 2.26. The van der Waals surface area contributed by atoms with Crippen molar-refractivity contribution in [1.29, 1.82) is 0 Å². The number of sulfone groups is 1. The first-order valence-corrected chi connectivity index (χ1v) is 7.71. The van der Waals surface area contributed by atoms with Crippen molar-refractivity contribution in [2.24, 2.45) is 0 Å². The average molecular weight is 250 g/mol. The van der Waals surface area contributed by atoms with Crippen LogP contribution >= 0.6 is 0 Å². The summed E-state index contributed by atoms with van der Waals surface area (Å²) in [6.45, 7) is 3.96. The van der Waals surface area contributed by atoms with Crippen LogP contribution in [0.15, 0.2) is 0 Å². The van der Waals surface area contributed by atoms with E-state index in [0.29, 0.717) is 12.6 Å². The van der Waals surface area contributed by atoms with E-state index < -0.39 is 9.84 Å². The molecular weight excluding hydrogens is 228 g/mol. The number of rotatable bonds is 7. The van der Waals surface area contributed by atoms with Crippen molar-refractivity contribution in [3.8, 4) is 0 Å². The predicted octanol–water partition coefficient (Wildman–Crippen LogP) is -0.659. The molecule has 1 rings (SSSR count). The summed E-state index contributed by atoms with van der Waals surface area (Å²) in [5.41, 5.74) is 0. The summed E-state index contributed by atoms with van der Waals surface area (Å²) in [5.74, 6) is 0.212. The largest absolute Gasteiger partial charge is 0.380 e. The van der Waals surface area contributed by atoms with E-state index in [0.717, 1.165) is 32.7 Å². The van der Waals surface area contributed by atoms with Crippen molar-refractivity contribution in [1.82, 2.24) is 10.2 Å². The quantitative estimate of drug-likeness (QED) is 0.608. The number of hydrogen-bond acceptors (Lipinski definition) is 5. The molecular formula is C10H22N2O3S. The molecule has 0 spiro atoms. The first-order valence-electron chi connectivity index (χ1n) is 5.65. The van der Waals surface area contributed by atoms with E-state index in [1.807, 2.05) is 0 Å². The highest BCUT2D eigenvalue weighted by atomic mass is 32.2. The van der Waals surface area contributed by atoms with Gasteiger partial charge in [-0.15, -0.1) is 0 Å². The summed E-state index contributed by atoms with van der Waals surface area (Å²) in [7, 11) is -0.756. The molecule has 1 saturated heterocycles. The van der Waals surface area contributed by atoms with Crippen LogP contribution in [0.2, 0.25) is 0 Å². The monoisotopic (exact) mass is 250 g/mol. The van der Waals surface area contributed by atoms with Gasteiger partial charge in [0, 0.05) is 38.5 Å². The van der Waals surface area contributed by atoms with Gasteiger partial charge in [0.25, 0.3) is 0 Å². The lowest BCUT2D eigenvalue weighted by atomic mass is 10.2. The molecule has 0 aliphatic carbocycles. The lowest BCUT2D eigenvalue weighted by Gasteiger charge is -2.22. The van der Waals surface area contributed by atoms with E-state index in [1.165, 1.54) is 6.26 Å². The molecule has 1 aliphatic rings. The number of likely N-dealkylation sites (N-methyl/N-ethyl adjacent to an activating group) is 1. The molecule has 0 aromatic heterocycles. The topological polar surface area (TPSA) is 58.6 Å². The van der Waals surface area contributed by atoms with E-state index in [2.05, 4.69) is 17.3 Å². The molecule has 96 valence electrons. The molecule has 1 aliphatic heterocycles. The van der Waals surface area contributed by atoms with Gasteiger partial charge in [-0.25, -0.2) is 8.42 Å². The van der Waals surface area contributed by atoms with Gasteiger partial charge in [-0.1, -0.05) is 0 Å². The van der Waals surface area contributed by atoms with Crippen LogP contribution in [0.4, 0.5) is 0 Å². The Labute approximate surface area is 98.1 Å². The van der Waals surface area contributed by atoms with Gasteiger partial charge in [-0.05, 0) is 13.5 Å². The summed E-state index contributed by atoms with van der Waals surface area (Å²) in [5, 5.41) is 3.13. The Balaban J connectivity index is 2.02. The molecule has 1 fully saturated rings. The summed E-state index contributed by atoms with van der Waals surface area (Å²) >= 11 is 0. The first kappa shape index (κ1) is 13.9. The van der Waals surface area contributed by atoms with Crippen molar-refractivity contribution in [2.45, 2.75) is 12.5 Å². The molecule has 1 N–H and O–H groups in total. The normalized spacial score (nSPS) is 21.8. The van der Waals surface area contributed by atoms with Gasteiger partial charge in [0.05, 0.1) is 12.4 Å². The van der Waals surface area contributed by atoms with E-state index in [4.69, 9.17) is 4.74 Å². The zero-order chi connectivity index (χ0) is 12.0. The molecule has 16 heavy (non-hydrogen) atoms. The lowest BCUT2D eigenvalue weighted by Crippen LogP contribution is -2.38. The molecule has 1 heterocycles. The molecule has 1 atom stereocenters. The maximum Gasteiger partial charge on any atom is 0.148 e. The minimum absolute atomic E-state index is 0.212. The molecule has 0 aromatic carbocycles. The highest BCUT2D eigenvalue weighted by Crippen LogP contribution is 2.09. The van der Waals surface area contributed by atoms with E-state index in [-0.39, 0.29) is 5.75 Å².